The molecule has 0 spiro atoms. The number of para-hydroxylation sites is 1. The van der Waals surface area contributed by atoms with Crippen LogP contribution in [-0.4, -0.2) is 31.8 Å². The van der Waals surface area contributed by atoms with Gasteiger partial charge in [0.15, 0.2) is 0 Å². The number of hydrogen-bond donors (Lipinski definition) is 4. The lowest BCUT2D eigenvalue weighted by molar-refractivity contribution is 0.119. The van der Waals surface area contributed by atoms with Crippen molar-refractivity contribution in [1.29, 1.82) is 0 Å². The van der Waals surface area contributed by atoms with Crippen LogP contribution in [0.1, 0.15) is 37.0 Å². The summed E-state index contributed by atoms with van der Waals surface area (Å²) in [5.74, 6) is -0.277. The number of imidazole rings is 1. The first-order valence-electron chi connectivity index (χ1n) is 9.57. The lowest BCUT2D eigenvalue weighted by Gasteiger charge is -2.26. The zero-order valence-corrected chi connectivity index (χ0v) is 15.7. The van der Waals surface area contributed by atoms with Gasteiger partial charge < -0.3 is 20.5 Å². The van der Waals surface area contributed by atoms with Crippen LogP contribution in [0.5, 0.6) is 5.75 Å². The summed E-state index contributed by atoms with van der Waals surface area (Å²) < 4.78 is 15.1. The quantitative estimate of drug-likeness (QED) is 0.543. The van der Waals surface area contributed by atoms with Gasteiger partial charge in [-0.1, -0.05) is 12.1 Å². The van der Waals surface area contributed by atoms with Crippen LogP contribution in [0.15, 0.2) is 41.2 Å². The van der Waals surface area contributed by atoms with Gasteiger partial charge in [-0.3, -0.25) is 4.57 Å². The van der Waals surface area contributed by atoms with Crippen LogP contribution in [0, 0.1) is 5.82 Å². The molecule has 2 aromatic carbocycles. The second-order valence-corrected chi connectivity index (χ2v) is 7.54. The lowest BCUT2D eigenvalue weighted by atomic mass is 9.98. The van der Waals surface area contributed by atoms with Crippen molar-refractivity contribution < 1.29 is 14.6 Å². The van der Waals surface area contributed by atoms with E-state index in [1.165, 1.54) is 18.2 Å². The summed E-state index contributed by atoms with van der Waals surface area (Å²) in [6, 6.07) is 9.31. The van der Waals surface area contributed by atoms with E-state index in [4.69, 9.17) is 0 Å². The largest absolute Gasteiger partial charge is 0.508 e. The summed E-state index contributed by atoms with van der Waals surface area (Å²) in [6.07, 6.45) is 1.07. The number of nitrogens with one attached hydrogen (secondary N) is 2. The van der Waals surface area contributed by atoms with E-state index in [-0.39, 0.29) is 29.3 Å². The number of H-pyrrole nitrogens is 1. The maximum absolute atomic E-state index is 13.4. The molecule has 1 aliphatic heterocycles. The molecule has 0 bridgehead atoms. The maximum Gasteiger partial charge on any atom is 0.326 e. The van der Waals surface area contributed by atoms with Gasteiger partial charge in [0.25, 0.3) is 0 Å². The zero-order valence-electron chi connectivity index (χ0n) is 15.7. The summed E-state index contributed by atoms with van der Waals surface area (Å²) in [4.78, 5) is 15.0. The summed E-state index contributed by atoms with van der Waals surface area (Å²) in [5.41, 5.74) is 2.64. The van der Waals surface area contributed by atoms with Gasteiger partial charge in [0.2, 0.25) is 0 Å². The molecule has 4 N–H and O–H groups in total. The third kappa shape index (κ3) is 3.43. The molecule has 0 aliphatic carbocycles. The fourth-order valence-electron chi connectivity index (χ4n) is 4.09. The number of aromatic amines is 1. The number of halogens is 1. The van der Waals surface area contributed by atoms with Crippen LogP contribution >= 0.6 is 0 Å². The van der Waals surface area contributed by atoms with Gasteiger partial charge in [-0.05, 0) is 56.0 Å². The van der Waals surface area contributed by atoms with E-state index in [9.17, 15) is 19.4 Å². The number of rotatable bonds is 5. The van der Waals surface area contributed by atoms with Crippen LogP contribution in [-0.2, 0) is 13.0 Å². The number of phenols is 1. The molecule has 0 unspecified atom stereocenters. The van der Waals surface area contributed by atoms with Gasteiger partial charge in [0.05, 0.1) is 17.1 Å². The topological polar surface area (TPSA) is 90.3 Å². The van der Waals surface area contributed by atoms with Crippen LogP contribution in [0.25, 0.3) is 11.0 Å². The Labute approximate surface area is 161 Å². The molecule has 0 radical (unpaired) electrons. The van der Waals surface area contributed by atoms with Crippen LogP contribution in [0.3, 0.4) is 0 Å². The minimum Gasteiger partial charge on any atom is -0.508 e. The molecular weight excluding hydrogens is 361 g/mol. The summed E-state index contributed by atoms with van der Waals surface area (Å²) in [7, 11) is 0. The van der Waals surface area contributed by atoms with E-state index >= 15 is 0 Å². The second-order valence-electron chi connectivity index (χ2n) is 7.54. The average molecular weight is 385 g/mol. The molecule has 7 heteroatoms. The maximum atomic E-state index is 13.4. The van der Waals surface area contributed by atoms with E-state index in [1.54, 1.807) is 4.57 Å². The first-order chi connectivity index (χ1) is 13.4. The lowest BCUT2D eigenvalue weighted by Crippen LogP contribution is -2.41. The van der Waals surface area contributed by atoms with Gasteiger partial charge in [0, 0.05) is 24.2 Å². The molecule has 4 rings (SSSR count). The molecule has 0 saturated heterocycles. The molecule has 0 fully saturated rings. The molecule has 1 aliphatic rings. The number of hydrogen-bond acceptors (Lipinski definition) is 4. The highest BCUT2D eigenvalue weighted by Gasteiger charge is 2.29. The van der Waals surface area contributed by atoms with Crippen LogP contribution in [0.4, 0.5) is 4.39 Å². The first-order valence-corrected chi connectivity index (χ1v) is 9.57. The minimum absolute atomic E-state index is 0.0391. The highest BCUT2D eigenvalue weighted by atomic mass is 19.1. The van der Waals surface area contributed by atoms with Gasteiger partial charge >= 0.3 is 5.69 Å². The molecule has 6 nitrogen and oxygen atoms in total. The molecule has 1 aromatic heterocycles. The number of aryl methyl sites for hydroxylation is 2. The SMILES string of the molecule is C[C@@H](CCc1cc(F)ccc1O)N[C@@H]1CCn2c(=O)[nH]c3cccc(c32)[C@H]1O. The number of aromatic nitrogens is 2. The van der Waals surface area contributed by atoms with Gasteiger partial charge in [-0.25, -0.2) is 9.18 Å². The van der Waals surface area contributed by atoms with E-state index < -0.39 is 6.10 Å². The van der Waals surface area contributed by atoms with Crippen molar-refractivity contribution in [2.24, 2.45) is 0 Å². The number of nitrogens with zero attached hydrogens (tertiary/aromatic N) is 1. The highest BCUT2D eigenvalue weighted by Crippen LogP contribution is 2.30. The summed E-state index contributed by atoms with van der Waals surface area (Å²) in [5, 5.41) is 24.3. The minimum atomic E-state index is -0.738. The summed E-state index contributed by atoms with van der Waals surface area (Å²) in [6.45, 7) is 2.52. The van der Waals surface area contributed by atoms with Crippen molar-refractivity contribution in [1.82, 2.24) is 14.9 Å². The number of aliphatic hydroxyl groups excluding tert-OH is 1. The van der Waals surface area contributed by atoms with E-state index in [1.807, 2.05) is 25.1 Å². The van der Waals surface area contributed by atoms with Crippen molar-refractivity contribution in [2.45, 2.75) is 50.9 Å². The predicted molar refractivity (Wildman–Crippen MR) is 105 cm³/mol. The monoisotopic (exact) mass is 385 g/mol. The Morgan fingerprint density at radius 2 is 2.18 bits per heavy atom. The molecule has 0 saturated carbocycles. The molecule has 3 atom stereocenters. The van der Waals surface area contributed by atoms with E-state index in [0.717, 1.165) is 16.6 Å². The van der Waals surface area contributed by atoms with Crippen LogP contribution in [0.2, 0.25) is 0 Å². The molecule has 3 aromatic rings. The molecule has 28 heavy (non-hydrogen) atoms. The van der Waals surface area contributed by atoms with E-state index in [0.29, 0.717) is 31.4 Å². The van der Waals surface area contributed by atoms with Gasteiger partial charge in [0.1, 0.15) is 11.6 Å². The smallest absolute Gasteiger partial charge is 0.326 e. The Morgan fingerprint density at radius 1 is 1.36 bits per heavy atom. The third-order valence-electron chi connectivity index (χ3n) is 5.57. The number of aliphatic hydroxyl groups is 1. The Balaban J connectivity index is 1.48. The van der Waals surface area contributed by atoms with Gasteiger partial charge in [-0.2, -0.15) is 0 Å². The molecule has 0 amide bonds. The molecule has 148 valence electrons. The Bertz CT molecular complexity index is 1060. The predicted octanol–water partition coefficient (Wildman–Crippen LogP) is 2.59. The first kappa shape index (κ1) is 18.7. The normalized spacial score (nSPS) is 20.2. The van der Waals surface area contributed by atoms with Crippen molar-refractivity contribution in [2.75, 3.05) is 0 Å². The number of benzene rings is 2. The Hall–Kier alpha value is -2.64. The third-order valence-corrected chi connectivity index (χ3v) is 5.57. The van der Waals surface area contributed by atoms with Crippen molar-refractivity contribution in [3.8, 4) is 5.75 Å². The average Bonchev–Trinajstić information content (AvgIpc) is 2.92. The second kappa shape index (κ2) is 7.41. The molecular formula is C21H24FN3O3. The van der Waals surface area contributed by atoms with Crippen molar-refractivity contribution in [3.63, 3.8) is 0 Å². The fourth-order valence-corrected chi connectivity index (χ4v) is 4.09. The summed E-state index contributed by atoms with van der Waals surface area (Å²) >= 11 is 0. The standard InChI is InChI=1S/C21H24FN3O3/c1-12(5-6-13-11-14(22)7-8-18(13)26)23-17-9-10-25-19-15(20(17)27)3-2-4-16(19)24-21(25)28/h2-4,7-8,11-12,17,20,23,26-27H,5-6,9-10H2,1H3,(H,24,28)/t12-,17+,20+/m0/s1. The Kier molecular flexibility index (Phi) is 4.95. The number of aromatic hydroxyl groups is 1. The molecule has 2 heterocycles. The fraction of sp³-hybridized carbons (Fsp3) is 0.381. The number of phenolic OH excluding ortho intramolecular Hbond substituents is 1. The highest BCUT2D eigenvalue weighted by molar-refractivity contribution is 5.79. The van der Waals surface area contributed by atoms with Crippen molar-refractivity contribution in [3.05, 3.63) is 63.8 Å². The zero-order chi connectivity index (χ0) is 19.8. The van der Waals surface area contributed by atoms with Crippen LogP contribution < -0.4 is 11.0 Å². The van der Waals surface area contributed by atoms with E-state index in [2.05, 4.69) is 10.3 Å². The Morgan fingerprint density at radius 3 is 3.00 bits per heavy atom. The van der Waals surface area contributed by atoms with Gasteiger partial charge in [-0.15, -0.1) is 0 Å². The van der Waals surface area contributed by atoms with Crippen molar-refractivity contribution >= 4 is 11.0 Å².